The lowest BCUT2D eigenvalue weighted by molar-refractivity contribution is -0.142. The van der Waals surface area contributed by atoms with Gasteiger partial charge in [-0.25, -0.2) is 4.79 Å². The van der Waals surface area contributed by atoms with Crippen LogP contribution in [0.2, 0.25) is 0 Å². The van der Waals surface area contributed by atoms with Gasteiger partial charge in [-0.15, -0.1) is 0 Å². The van der Waals surface area contributed by atoms with Gasteiger partial charge in [-0.1, -0.05) is 12.1 Å². The van der Waals surface area contributed by atoms with Crippen molar-refractivity contribution in [2.75, 3.05) is 12.3 Å². The molecule has 0 aliphatic heterocycles. The molecule has 0 saturated heterocycles. The molecule has 1 aromatic carbocycles. The summed E-state index contributed by atoms with van der Waals surface area (Å²) in [6.07, 6.45) is -0.0828. The number of hydrogen-bond acceptors (Lipinski definition) is 4. The first-order chi connectivity index (χ1) is 7.56. The summed E-state index contributed by atoms with van der Waals surface area (Å²) >= 11 is 0. The minimum atomic E-state index is -1.14. The number of benzene rings is 1. The molecule has 0 aromatic heterocycles. The van der Waals surface area contributed by atoms with Gasteiger partial charge in [0.15, 0.2) is 0 Å². The number of ether oxygens (including phenoxy) is 1. The molecule has 0 aliphatic rings. The highest BCUT2D eigenvalue weighted by molar-refractivity contribution is 5.96. The van der Waals surface area contributed by atoms with Crippen molar-refractivity contribution in [3.63, 3.8) is 0 Å². The van der Waals surface area contributed by atoms with E-state index in [-0.39, 0.29) is 24.3 Å². The normalized spacial score (nSPS) is 9.81. The van der Waals surface area contributed by atoms with Gasteiger partial charge in [0.25, 0.3) is 0 Å². The highest BCUT2D eigenvalue weighted by atomic mass is 16.5. The Morgan fingerprint density at radius 2 is 2.12 bits per heavy atom. The molecule has 0 spiro atoms. The molecule has 0 aliphatic carbocycles. The van der Waals surface area contributed by atoms with Crippen LogP contribution >= 0.6 is 0 Å². The number of rotatable bonds is 4. The standard InChI is InChI=1S/C11H13NO4/c1-2-16-9(13)6-7-4-3-5-8(12)10(7)11(14)15/h3-5H,2,6,12H2,1H3,(H,14,15). The van der Waals surface area contributed by atoms with Crippen LogP contribution < -0.4 is 5.73 Å². The van der Waals surface area contributed by atoms with Crippen molar-refractivity contribution >= 4 is 17.6 Å². The predicted molar refractivity (Wildman–Crippen MR) is 58.2 cm³/mol. The van der Waals surface area contributed by atoms with Crippen molar-refractivity contribution in [2.24, 2.45) is 0 Å². The first kappa shape index (κ1) is 12.0. The fraction of sp³-hybridized carbons (Fsp3) is 0.273. The zero-order chi connectivity index (χ0) is 12.1. The Morgan fingerprint density at radius 1 is 1.44 bits per heavy atom. The van der Waals surface area contributed by atoms with E-state index in [1.54, 1.807) is 19.1 Å². The van der Waals surface area contributed by atoms with Crippen LogP contribution in [-0.2, 0) is 16.0 Å². The fourth-order valence-electron chi connectivity index (χ4n) is 1.40. The average Bonchev–Trinajstić information content (AvgIpc) is 2.17. The predicted octanol–water partition coefficient (Wildman–Crippen LogP) is 1.07. The molecule has 3 N–H and O–H groups in total. The molecule has 0 saturated carbocycles. The fourth-order valence-corrected chi connectivity index (χ4v) is 1.40. The third kappa shape index (κ3) is 2.73. The number of anilines is 1. The van der Waals surface area contributed by atoms with E-state index in [1.165, 1.54) is 6.07 Å². The zero-order valence-electron chi connectivity index (χ0n) is 8.90. The minimum Gasteiger partial charge on any atom is -0.478 e. The molecule has 5 nitrogen and oxygen atoms in total. The molecule has 0 bridgehead atoms. The van der Waals surface area contributed by atoms with Crippen molar-refractivity contribution < 1.29 is 19.4 Å². The van der Waals surface area contributed by atoms with Crippen molar-refractivity contribution in [1.29, 1.82) is 0 Å². The van der Waals surface area contributed by atoms with Gasteiger partial charge in [0.05, 0.1) is 18.6 Å². The number of carboxylic acid groups (broad SMARTS) is 1. The molecule has 0 unspecified atom stereocenters. The lowest BCUT2D eigenvalue weighted by Crippen LogP contribution is -2.13. The minimum absolute atomic E-state index is 0.0319. The Labute approximate surface area is 92.8 Å². The van der Waals surface area contributed by atoms with Gasteiger partial charge in [-0.05, 0) is 18.6 Å². The van der Waals surface area contributed by atoms with E-state index in [0.29, 0.717) is 5.56 Å². The third-order valence-corrected chi connectivity index (χ3v) is 2.04. The molecular weight excluding hydrogens is 210 g/mol. The molecule has 5 heteroatoms. The van der Waals surface area contributed by atoms with Crippen LogP contribution in [0.3, 0.4) is 0 Å². The van der Waals surface area contributed by atoms with Gasteiger partial charge in [0, 0.05) is 5.69 Å². The van der Waals surface area contributed by atoms with Crippen LogP contribution in [-0.4, -0.2) is 23.7 Å². The summed E-state index contributed by atoms with van der Waals surface area (Å²) in [6, 6.07) is 4.64. The average molecular weight is 223 g/mol. The van der Waals surface area contributed by atoms with Crippen LogP contribution in [0.5, 0.6) is 0 Å². The number of hydrogen-bond donors (Lipinski definition) is 2. The van der Waals surface area contributed by atoms with Crippen LogP contribution in [0, 0.1) is 0 Å². The molecule has 0 fully saturated rings. The summed E-state index contributed by atoms with van der Waals surface area (Å²) in [5.74, 6) is -1.60. The van der Waals surface area contributed by atoms with Crippen LogP contribution in [0.1, 0.15) is 22.8 Å². The molecule has 1 aromatic rings. The monoisotopic (exact) mass is 223 g/mol. The highest BCUT2D eigenvalue weighted by Gasteiger charge is 2.16. The van der Waals surface area contributed by atoms with Gasteiger partial charge in [-0.3, -0.25) is 4.79 Å². The summed E-state index contributed by atoms with van der Waals surface area (Å²) < 4.78 is 4.75. The zero-order valence-corrected chi connectivity index (χ0v) is 8.90. The maximum Gasteiger partial charge on any atom is 0.338 e. The number of esters is 1. The van der Waals surface area contributed by atoms with Gasteiger partial charge in [0.1, 0.15) is 0 Å². The molecule has 16 heavy (non-hydrogen) atoms. The van der Waals surface area contributed by atoms with Crippen molar-refractivity contribution in [2.45, 2.75) is 13.3 Å². The van der Waals surface area contributed by atoms with E-state index >= 15 is 0 Å². The van der Waals surface area contributed by atoms with Gasteiger partial charge < -0.3 is 15.6 Å². The lowest BCUT2D eigenvalue weighted by atomic mass is 10.0. The second-order valence-corrected chi connectivity index (χ2v) is 3.17. The Hall–Kier alpha value is -2.04. The molecule has 86 valence electrons. The lowest BCUT2D eigenvalue weighted by Gasteiger charge is -2.07. The first-order valence-electron chi connectivity index (χ1n) is 4.82. The Kier molecular flexibility index (Phi) is 3.88. The Bertz CT molecular complexity index is 414. The molecule has 1 rings (SSSR count). The van der Waals surface area contributed by atoms with E-state index in [9.17, 15) is 9.59 Å². The van der Waals surface area contributed by atoms with E-state index in [2.05, 4.69) is 0 Å². The Balaban J connectivity index is 3.00. The topological polar surface area (TPSA) is 89.6 Å². The molecule has 0 atom stereocenters. The Morgan fingerprint density at radius 3 is 2.69 bits per heavy atom. The van der Waals surface area contributed by atoms with Crippen molar-refractivity contribution in [3.05, 3.63) is 29.3 Å². The summed E-state index contributed by atoms with van der Waals surface area (Å²) in [4.78, 5) is 22.2. The number of nitrogens with two attached hydrogens (primary N) is 1. The van der Waals surface area contributed by atoms with Crippen LogP contribution in [0.25, 0.3) is 0 Å². The van der Waals surface area contributed by atoms with Crippen LogP contribution in [0.15, 0.2) is 18.2 Å². The first-order valence-corrected chi connectivity index (χ1v) is 4.82. The summed E-state index contributed by atoms with van der Waals surface area (Å²) in [5, 5.41) is 8.96. The maximum absolute atomic E-state index is 11.2. The number of carbonyl (C=O) groups excluding carboxylic acids is 1. The quantitative estimate of drug-likeness (QED) is 0.588. The van der Waals surface area contributed by atoms with E-state index in [1.807, 2.05) is 0 Å². The number of carbonyl (C=O) groups is 2. The largest absolute Gasteiger partial charge is 0.478 e. The summed E-state index contributed by atoms with van der Waals surface area (Å²) in [7, 11) is 0. The maximum atomic E-state index is 11.2. The SMILES string of the molecule is CCOC(=O)Cc1cccc(N)c1C(=O)O. The molecule has 0 heterocycles. The van der Waals surface area contributed by atoms with Crippen molar-refractivity contribution in [3.8, 4) is 0 Å². The van der Waals surface area contributed by atoms with E-state index in [4.69, 9.17) is 15.6 Å². The third-order valence-electron chi connectivity index (χ3n) is 2.04. The summed E-state index contributed by atoms with van der Waals surface area (Å²) in [5.41, 5.74) is 6.02. The van der Waals surface area contributed by atoms with Gasteiger partial charge in [0.2, 0.25) is 0 Å². The van der Waals surface area contributed by atoms with Gasteiger partial charge in [-0.2, -0.15) is 0 Å². The summed E-state index contributed by atoms with van der Waals surface area (Å²) in [6.45, 7) is 1.96. The molecule has 0 radical (unpaired) electrons. The van der Waals surface area contributed by atoms with Gasteiger partial charge >= 0.3 is 11.9 Å². The second-order valence-electron chi connectivity index (χ2n) is 3.17. The van der Waals surface area contributed by atoms with Crippen molar-refractivity contribution in [1.82, 2.24) is 0 Å². The molecule has 0 amide bonds. The van der Waals surface area contributed by atoms with E-state index in [0.717, 1.165) is 0 Å². The number of aromatic carboxylic acids is 1. The molecular formula is C11H13NO4. The van der Waals surface area contributed by atoms with E-state index < -0.39 is 11.9 Å². The number of carboxylic acids is 1. The van der Waals surface area contributed by atoms with Crippen LogP contribution in [0.4, 0.5) is 5.69 Å². The smallest absolute Gasteiger partial charge is 0.338 e. The highest BCUT2D eigenvalue weighted by Crippen LogP contribution is 2.17. The number of nitrogen functional groups attached to an aromatic ring is 1. The second kappa shape index (κ2) is 5.16.